The fraction of sp³-hybridized carbons (Fsp3) is 0.273. The van der Waals surface area contributed by atoms with Crippen molar-refractivity contribution in [2.45, 2.75) is 24.3 Å². The number of sulfonamides is 1. The number of aromatic nitrogens is 1. The van der Waals surface area contributed by atoms with Crippen LogP contribution in [-0.4, -0.2) is 36.8 Å². The Bertz CT molecular complexity index is 1160. The molecule has 0 radical (unpaired) electrons. The van der Waals surface area contributed by atoms with Crippen LogP contribution in [0.25, 0.3) is 10.8 Å². The number of ether oxygens (including phenoxy) is 1. The van der Waals surface area contributed by atoms with Crippen LogP contribution in [-0.2, 0) is 26.2 Å². The van der Waals surface area contributed by atoms with Crippen molar-refractivity contribution < 1.29 is 17.9 Å². The van der Waals surface area contributed by atoms with Crippen molar-refractivity contribution in [3.8, 4) is 0 Å². The van der Waals surface area contributed by atoms with Gasteiger partial charge in [-0.3, -0.25) is 4.79 Å². The van der Waals surface area contributed by atoms with E-state index in [0.29, 0.717) is 18.0 Å². The lowest BCUT2D eigenvalue weighted by Crippen LogP contribution is -2.40. The maximum absolute atomic E-state index is 13.0. The Morgan fingerprint density at radius 3 is 2.50 bits per heavy atom. The molecule has 3 aromatic rings. The minimum Gasteiger partial charge on any atom is -0.461 e. The molecule has 4 rings (SSSR count). The molecule has 0 amide bonds. The molecule has 156 valence electrons. The van der Waals surface area contributed by atoms with E-state index in [2.05, 4.69) is 4.98 Å². The van der Waals surface area contributed by atoms with E-state index in [1.54, 1.807) is 30.5 Å². The number of piperidine rings is 1. The first-order chi connectivity index (χ1) is 14.4. The average molecular weight is 445 g/mol. The smallest absolute Gasteiger partial charge is 0.309 e. The second-order valence-corrected chi connectivity index (χ2v) is 9.61. The number of benzene rings is 2. The average Bonchev–Trinajstić information content (AvgIpc) is 2.78. The predicted molar refractivity (Wildman–Crippen MR) is 114 cm³/mol. The van der Waals surface area contributed by atoms with Crippen LogP contribution in [0, 0.1) is 5.92 Å². The quantitative estimate of drug-likeness (QED) is 0.438. The van der Waals surface area contributed by atoms with E-state index in [1.165, 1.54) is 4.31 Å². The van der Waals surface area contributed by atoms with Crippen molar-refractivity contribution in [3.63, 3.8) is 0 Å². The summed E-state index contributed by atoms with van der Waals surface area (Å²) in [5, 5.41) is 2.26. The minimum atomic E-state index is -3.60. The Kier molecular flexibility index (Phi) is 6.04. The lowest BCUT2D eigenvalue weighted by molar-refractivity contribution is -0.151. The SMILES string of the molecule is O=C(OCc1ccc(Cl)nc1)C1CCN(S(=O)(=O)c2ccc3ccccc3c2)CC1. The molecule has 0 saturated carbocycles. The largest absolute Gasteiger partial charge is 0.461 e. The van der Waals surface area contributed by atoms with Gasteiger partial charge < -0.3 is 4.74 Å². The van der Waals surface area contributed by atoms with E-state index in [-0.39, 0.29) is 36.5 Å². The number of carbonyl (C=O) groups is 1. The first-order valence-corrected chi connectivity index (χ1v) is 11.5. The third kappa shape index (κ3) is 4.48. The van der Waals surface area contributed by atoms with E-state index in [1.807, 2.05) is 30.3 Å². The Morgan fingerprint density at radius 2 is 1.80 bits per heavy atom. The molecule has 8 heteroatoms. The molecule has 0 N–H and O–H groups in total. The van der Waals surface area contributed by atoms with Crippen LogP contribution in [0.4, 0.5) is 0 Å². The van der Waals surface area contributed by atoms with Crippen molar-refractivity contribution >= 4 is 38.4 Å². The van der Waals surface area contributed by atoms with Gasteiger partial charge in [0.25, 0.3) is 0 Å². The normalized spacial score (nSPS) is 15.9. The van der Waals surface area contributed by atoms with E-state index in [4.69, 9.17) is 16.3 Å². The van der Waals surface area contributed by atoms with Crippen LogP contribution in [0.2, 0.25) is 5.15 Å². The second-order valence-electron chi connectivity index (χ2n) is 7.28. The monoisotopic (exact) mass is 444 g/mol. The number of hydrogen-bond donors (Lipinski definition) is 0. The summed E-state index contributed by atoms with van der Waals surface area (Å²) < 4.78 is 32.9. The highest BCUT2D eigenvalue weighted by Crippen LogP contribution is 2.27. The highest BCUT2D eigenvalue weighted by molar-refractivity contribution is 7.89. The lowest BCUT2D eigenvalue weighted by Gasteiger charge is -2.30. The molecule has 1 fully saturated rings. The number of nitrogens with zero attached hydrogens (tertiary/aromatic N) is 2. The number of esters is 1. The Labute approximate surface area is 180 Å². The summed E-state index contributed by atoms with van der Waals surface area (Å²) in [6, 6.07) is 16.2. The molecule has 0 atom stereocenters. The molecule has 0 bridgehead atoms. The van der Waals surface area contributed by atoms with Gasteiger partial charge in [0.1, 0.15) is 11.8 Å². The number of rotatable bonds is 5. The molecule has 0 unspecified atom stereocenters. The van der Waals surface area contributed by atoms with Gasteiger partial charge in [-0.05, 0) is 41.8 Å². The molecule has 2 heterocycles. The molecule has 1 aromatic heterocycles. The van der Waals surface area contributed by atoms with Crippen LogP contribution in [0.15, 0.2) is 65.7 Å². The fourth-order valence-corrected chi connectivity index (χ4v) is 5.19. The first kappa shape index (κ1) is 20.8. The second kappa shape index (κ2) is 8.71. The Balaban J connectivity index is 1.36. The van der Waals surface area contributed by atoms with E-state index in [9.17, 15) is 13.2 Å². The number of carbonyl (C=O) groups excluding carboxylic acids is 1. The van der Waals surface area contributed by atoms with Crippen LogP contribution in [0.3, 0.4) is 0 Å². The van der Waals surface area contributed by atoms with Gasteiger partial charge in [0, 0.05) is 24.8 Å². The van der Waals surface area contributed by atoms with Crippen molar-refractivity contribution in [2.75, 3.05) is 13.1 Å². The van der Waals surface area contributed by atoms with Gasteiger partial charge in [-0.1, -0.05) is 48.0 Å². The van der Waals surface area contributed by atoms with Crippen LogP contribution in [0.5, 0.6) is 0 Å². The predicted octanol–water partition coefficient (Wildman–Crippen LogP) is 4.03. The van der Waals surface area contributed by atoms with Crippen LogP contribution < -0.4 is 0 Å². The zero-order chi connectivity index (χ0) is 21.1. The third-order valence-corrected chi connectivity index (χ3v) is 7.43. The van der Waals surface area contributed by atoms with E-state index in [0.717, 1.165) is 16.3 Å². The summed E-state index contributed by atoms with van der Waals surface area (Å²) >= 11 is 5.75. The fourth-order valence-electron chi connectivity index (χ4n) is 3.57. The Hall–Kier alpha value is -2.48. The van der Waals surface area contributed by atoms with Crippen molar-refractivity contribution in [1.82, 2.24) is 9.29 Å². The summed E-state index contributed by atoms with van der Waals surface area (Å²) in [5.74, 6) is -0.624. The van der Waals surface area contributed by atoms with Gasteiger partial charge >= 0.3 is 5.97 Å². The van der Waals surface area contributed by atoms with E-state index >= 15 is 0 Å². The number of fused-ring (bicyclic) bond motifs is 1. The van der Waals surface area contributed by atoms with Crippen molar-refractivity contribution in [1.29, 1.82) is 0 Å². The third-order valence-electron chi connectivity index (χ3n) is 5.32. The maximum atomic E-state index is 13.0. The van der Waals surface area contributed by atoms with Crippen molar-refractivity contribution in [3.05, 3.63) is 71.5 Å². The van der Waals surface area contributed by atoms with E-state index < -0.39 is 10.0 Å². The summed E-state index contributed by atoms with van der Waals surface area (Å²) in [7, 11) is -3.60. The molecule has 0 spiro atoms. The standard InChI is InChI=1S/C22H21ClN2O4S/c23-21-8-5-16(14-24-21)15-29-22(26)18-9-11-25(12-10-18)30(27,28)20-7-6-17-3-1-2-4-19(17)13-20/h1-8,13-14,18H,9-12,15H2. The van der Waals surface area contributed by atoms with Crippen LogP contribution >= 0.6 is 11.6 Å². The van der Waals surface area contributed by atoms with Crippen molar-refractivity contribution in [2.24, 2.45) is 5.92 Å². The number of pyridine rings is 1. The zero-order valence-electron chi connectivity index (χ0n) is 16.2. The summed E-state index contributed by atoms with van der Waals surface area (Å²) in [5.41, 5.74) is 0.754. The van der Waals surface area contributed by atoms with Gasteiger partial charge in [0.05, 0.1) is 10.8 Å². The maximum Gasteiger partial charge on any atom is 0.309 e. The summed E-state index contributed by atoms with van der Waals surface area (Å²) in [6.45, 7) is 0.702. The topological polar surface area (TPSA) is 76.6 Å². The van der Waals surface area contributed by atoms with Gasteiger partial charge in [-0.2, -0.15) is 4.31 Å². The minimum absolute atomic E-state index is 0.124. The molecular weight excluding hydrogens is 424 g/mol. The zero-order valence-corrected chi connectivity index (χ0v) is 17.8. The van der Waals surface area contributed by atoms with Gasteiger partial charge in [-0.25, -0.2) is 13.4 Å². The Morgan fingerprint density at radius 1 is 1.07 bits per heavy atom. The highest BCUT2D eigenvalue weighted by Gasteiger charge is 2.32. The molecule has 1 aliphatic heterocycles. The molecule has 1 aliphatic rings. The molecule has 2 aromatic carbocycles. The summed E-state index contributed by atoms with van der Waals surface area (Å²) in [4.78, 5) is 16.6. The van der Waals surface area contributed by atoms with Crippen LogP contribution in [0.1, 0.15) is 18.4 Å². The molecule has 6 nitrogen and oxygen atoms in total. The number of hydrogen-bond acceptors (Lipinski definition) is 5. The molecular formula is C22H21ClN2O4S. The first-order valence-electron chi connectivity index (χ1n) is 9.69. The molecule has 0 aliphatic carbocycles. The lowest BCUT2D eigenvalue weighted by atomic mass is 9.98. The highest BCUT2D eigenvalue weighted by atomic mass is 35.5. The molecule has 30 heavy (non-hydrogen) atoms. The van der Waals surface area contributed by atoms with Gasteiger partial charge in [-0.15, -0.1) is 0 Å². The van der Waals surface area contributed by atoms with Gasteiger partial charge in [0.15, 0.2) is 0 Å². The van der Waals surface area contributed by atoms with Gasteiger partial charge in [0.2, 0.25) is 10.0 Å². The summed E-state index contributed by atoms with van der Waals surface area (Å²) in [6.07, 6.45) is 2.43. The molecule has 1 saturated heterocycles. The number of halogens is 1.